The van der Waals surface area contributed by atoms with Gasteiger partial charge >= 0.3 is 0 Å². The molecule has 0 aliphatic carbocycles. The molecule has 0 N–H and O–H groups in total. The van der Waals surface area contributed by atoms with Crippen LogP contribution in [0.25, 0.3) is 0 Å². The third-order valence-corrected chi connectivity index (χ3v) is 4.54. The highest BCUT2D eigenvalue weighted by Crippen LogP contribution is 2.41. The smallest absolute Gasteiger partial charge is 0.271 e. The number of para-hydroxylation sites is 2. The van der Waals surface area contributed by atoms with Crippen molar-refractivity contribution in [2.24, 2.45) is 0 Å². The first-order valence-electron chi connectivity index (χ1n) is 8.52. The van der Waals surface area contributed by atoms with Gasteiger partial charge in [-0.15, -0.1) is 0 Å². The predicted molar refractivity (Wildman–Crippen MR) is 101 cm³/mol. The topological polar surface area (TPSA) is 38.8 Å². The molecule has 4 rings (SSSR count). The largest absolute Gasteiger partial charge is 0.497 e. The van der Waals surface area contributed by atoms with Gasteiger partial charge in [0.2, 0.25) is 6.10 Å². The van der Waals surface area contributed by atoms with Gasteiger partial charge in [-0.05, 0) is 42.0 Å². The molecule has 130 valence electrons. The Morgan fingerprint density at radius 1 is 0.769 bits per heavy atom. The number of hydrogen-bond donors (Lipinski definition) is 0. The molecule has 1 aliphatic heterocycles. The van der Waals surface area contributed by atoms with Crippen molar-refractivity contribution in [3.63, 3.8) is 0 Å². The number of ether oxygens (including phenoxy) is 2. The summed E-state index contributed by atoms with van der Waals surface area (Å²) in [7, 11) is 1.64. The number of nitrogens with zero attached hydrogens (tertiary/aromatic N) is 1. The zero-order valence-corrected chi connectivity index (χ0v) is 14.4. The van der Waals surface area contributed by atoms with Crippen molar-refractivity contribution in [1.29, 1.82) is 0 Å². The zero-order chi connectivity index (χ0) is 17.9. The van der Waals surface area contributed by atoms with Gasteiger partial charge in [0.1, 0.15) is 17.5 Å². The van der Waals surface area contributed by atoms with Crippen molar-refractivity contribution >= 4 is 11.6 Å². The standard InChI is InChI=1S/C22H19NO3/c1-25-18-14-12-16(13-15-18)20-21(26-19-10-6-3-7-11-19)22(24)23(20)17-8-4-2-5-9-17/h2-15,20-21H,1H3/t20-,21+/m0/s1. The molecule has 1 heterocycles. The maximum absolute atomic E-state index is 12.8. The Hall–Kier alpha value is -3.27. The zero-order valence-electron chi connectivity index (χ0n) is 14.4. The highest BCUT2D eigenvalue weighted by Gasteiger charge is 2.50. The van der Waals surface area contributed by atoms with Crippen LogP contribution >= 0.6 is 0 Å². The van der Waals surface area contributed by atoms with Gasteiger partial charge < -0.3 is 9.47 Å². The lowest BCUT2D eigenvalue weighted by Gasteiger charge is -2.46. The summed E-state index contributed by atoms with van der Waals surface area (Å²) in [5, 5.41) is 0. The van der Waals surface area contributed by atoms with Crippen molar-refractivity contribution in [3.05, 3.63) is 90.5 Å². The van der Waals surface area contributed by atoms with Crippen LogP contribution in [0.5, 0.6) is 11.5 Å². The summed E-state index contributed by atoms with van der Waals surface area (Å²) in [6.45, 7) is 0. The molecule has 3 aromatic carbocycles. The number of β-lactam (4-membered cyclic amide) rings is 1. The summed E-state index contributed by atoms with van der Waals surface area (Å²) in [6.07, 6.45) is -0.550. The molecule has 26 heavy (non-hydrogen) atoms. The molecule has 0 aromatic heterocycles. The summed E-state index contributed by atoms with van der Waals surface area (Å²) in [5.41, 5.74) is 1.88. The molecule has 0 saturated carbocycles. The molecule has 0 radical (unpaired) electrons. The van der Waals surface area contributed by atoms with Crippen LogP contribution in [0.3, 0.4) is 0 Å². The lowest BCUT2D eigenvalue weighted by atomic mass is 9.89. The molecule has 0 spiro atoms. The van der Waals surface area contributed by atoms with Crippen LogP contribution in [0.4, 0.5) is 5.69 Å². The SMILES string of the molecule is COc1ccc([C@H]2[C@@H](Oc3ccccc3)C(=O)N2c2ccccc2)cc1. The van der Waals surface area contributed by atoms with E-state index < -0.39 is 6.10 Å². The van der Waals surface area contributed by atoms with E-state index in [1.807, 2.05) is 84.9 Å². The van der Waals surface area contributed by atoms with Crippen LogP contribution in [0.1, 0.15) is 11.6 Å². The summed E-state index contributed by atoms with van der Waals surface area (Å²) in [5.74, 6) is 1.43. The van der Waals surface area contributed by atoms with Gasteiger partial charge in [-0.2, -0.15) is 0 Å². The first-order valence-corrected chi connectivity index (χ1v) is 8.52. The number of rotatable bonds is 5. The minimum absolute atomic E-state index is 0.0409. The highest BCUT2D eigenvalue weighted by molar-refractivity contribution is 6.05. The fourth-order valence-electron chi connectivity index (χ4n) is 3.22. The van der Waals surface area contributed by atoms with E-state index in [-0.39, 0.29) is 11.9 Å². The molecule has 0 unspecified atom stereocenters. The van der Waals surface area contributed by atoms with E-state index in [1.165, 1.54) is 0 Å². The van der Waals surface area contributed by atoms with Crippen LogP contribution in [-0.4, -0.2) is 19.1 Å². The molecule has 1 saturated heterocycles. The van der Waals surface area contributed by atoms with Crippen LogP contribution in [-0.2, 0) is 4.79 Å². The van der Waals surface area contributed by atoms with Gasteiger partial charge in [0.05, 0.1) is 7.11 Å². The van der Waals surface area contributed by atoms with E-state index in [2.05, 4.69) is 0 Å². The lowest BCUT2D eigenvalue weighted by Crippen LogP contribution is -2.61. The number of carbonyl (C=O) groups excluding carboxylic acids is 1. The van der Waals surface area contributed by atoms with Crippen molar-refractivity contribution in [1.82, 2.24) is 0 Å². The Bertz CT molecular complexity index is 878. The van der Waals surface area contributed by atoms with Gasteiger partial charge in [0.15, 0.2) is 0 Å². The maximum atomic E-state index is 12.8. The van der Waals surface area contributed by atoms with Gasteiger partial charge in [0, 0.05) is 5.69 Å². The van der Waals surface area contributed by atoms with Gasteiger partial charge in [-0.25, -0.2) is 0 Å². The summed E-state index contributed by atoms with van der Waals surface area (Å²) in [6, 6.07) is 26.7. The molecular formula is C22H19NO3. The fourth-order valence-corrected chi connectivity index (χ4v) is 3.22. The first kappa shape index (κ1) is 16.2. The molecule has 4 heteroatoms. The normalized spacial score (nSPS) is 19.0. The molecule has 1 amide bonds. The number of methoxy groups -OCH3 is 1. The number of amides is 1. The van der Waals surface area contributed by atoms with Crippen molar-refractivity contribution in [2.75, 3.05) is 12.0 Å². The fraction of sp³-hybridized carbons (Fsp3) is 0.136. The molecule has 1 fully saturated rings. The Morgan fingerprint density at radius 3 is 2.00 bits per heavy atom. The Kier molecular flexibility index (Phi) is 4.32. The van der Waals surface area contributed by atoms with Crippen molar-refractivity contribution in [3.8, 4) is 11.5 Å². The second-order valence-electron chi connectivity index (χ2n) is 6.11. The molecular weight excluding hydrogens is 326 g/mol. The maximum Gasteiger partial charge on any atom is 0.271 e. The summed E-state index contributed by atoms with van der Waals surface area (Å²) in [4.78, 5) is 14.6. The van der Waals surface area contributed by atoms with E-state index in [0.29, 0.717) is 5.75 Å². The lowest BCUT2D eigenvalue weighted by molar-refractivity contribution is -0.135. The van der Waals surface area contributed by atoms with Gasteiger partial charge in [0.25, 0.3) is 5.91 Å². The Labute approximate surface area is 152 Å². The van der Waals surface area contributed by atoms with E-state index >= 15 is 0 Å². The van der Waals surface area contributed by atoms with Crippen LogP contribution in [0.15, 0.2) is 84.9 Å². The third kappa shape index (κ3) is 2.90. The molecule has 3 aromatic rings. The van der Waals surface area contributed by atoms with Crippen LogP contribution < -0.4 is 14.4 Å². The second kappa shape index (κ2) is 6.92. The quantitative estimate of drug-likeness (QED) is 0.650. The minimum atomic E-state index is -0.550. The van der Waals surface area contributed by atoms with Crippen LogP contribution in [0.2, 0.25) is 0 Å². The first-order chi connectivity index (χ1) is 12.8. The number of hydrogen-bond acceptors (Lipinski definition) is 3. The Morgan fingerprint density at radius 2 is 1.38 bits per heavy atom. The van der Waals surface area contributed by atoms with Gasteiger partial charge in [-0.3, -0.25) is 9.69 Å². The van der Waals surface area contributed by atoms with Crippen molar-refractivity contribution < 1.29 is 14.3 Å². The highest BCUT2D eigenvalue weighted by atomic mass is 16.5. The monoisotopic (exact) mass is 345 g/mol. The molecule has 4 nitrogen and oxygen atoms in total. The van der Waals surface area contributed by atoms with Crippen molar-refractivity contribution in [2.45, 2.75) is 12.1 Å². The molecule has 2 atom stereocenters. The van der Waals surface area contributed by atoms with Crippen LogP contribution in [0, 0.1) is 0 Å². The second-order valence-corrected chi connectivity index (χ2v) is 6.11. The summed E-state index contributed by atoms with van der Waals surface area (Å²) < 4.78 is 11.3. The van der Waals surface area contributed by atoms with E-state index in [9.17, 15) is 4.79 Å². The van der Waals surface area contributed by atoms with E-state index in [4.69, 9.17) is 9.47 Å². The molecule has 0 bridgehead atoms. The average molecular weight is 345 g/mol. The Balaban J connectivity index is 1.67. The summed E-state index contributed by atoms with van der Waals surface area (Å²) >= 11 is 0. The van der Waals surface area contributed by atoms with E-state index in [0.717, 1.165) is 17.0 Å². The third-order valence-electron chi connectivity index (χ3n) is 4.54. The number of carbonyl (C=O) groups is 1. The number of benzene rings is 3. The van der Waals surface area contributed by atoms with E-state index in [1.54, 1.807) is 12.0 Å². The predicted octanol–water partition coefficient (Wildman–Crippen LogP) is 4.23. The average Bonchev–Trinajstić information content (AvgIpc) is 2.71. The van der Waals surface area contributed by atoms with Gasteiger partial charge in [-0.1, -0.05) is 48.5 Å². The number of anilines is 1. The molecule has 1 aliphatic rings. The minimum Gasteiger partial charge on any atom is -0.497 e.